The molecule has 0 saturated carbocycles. The summed E-state index contributed by atoms with van der Waals surface area (Å²) >= 11 is 0. The molecule has 0 unspecified atom stereocenters. The molecule has 6 nitrogen and oxygen atoms in total. The highest BCUT2D eigenvalue weighted by atomic mass is 16.4. The number of hydrogen-bond donors (Lipinski definition) is 0. The Kier molecular flexibility index (Phi) is 6.55. The van der Waals surface area contributed by atoms with E-state index in [-0.39, 0.29) is 5.41 Å². The second-order valence-electron chi connectivity index (χ2n) is 14.1. The van der Waals surface area contributed by atoms with Crippen molar-refractivity contribution < 1.29 is 8.83 Å². The van der Waals surface area contributed by atoms with Crippen LogP contribution in [0.1, 0.15) is 36.1 Å². The Labute approximate surface area is 304 Å². The molecule has 2 aromatic heterocycles. The van der Waals surface area contributed by atoms with E-state index in [1.54, 1.807) is 36.4 Å². The molecule has 0 fully saturated rings. The van der Waals surface area contributed by atoms with Crippen molar-refractivity contribution in [2.75, 3.05) is 0 Å². The van der Waals surface area contributed by atoms with E-state index in [0.29, 0.717) is 45.1 Å². The molecular weight excluding hydrogens is 653 g/mol. The number of nitrogens with zero attached hydrogens (tertiary/aromatic N) is 4. The first-order valence-corrected chi connectivity index (χ1v) is 17.4. The van der Waals surface area contributed by atoms with Crippen LogP contribution in [0, 0.1) is 22.7 Å². The van der Waals surface area contributed by atoms with Gasteiger partial charge >= 0.3 is 0 Å². The zero-order valence-electron chi connectivity index (χ0n) is 28.8. The summed E-state index contributed by atoms with van der Waals surface area (Å²) < 4.78 is 12.5. The predicted molar refractivity (Wildman–Crippen MR) is 208 cm³/mol. The Morgan fingerprint density at radius 2 is 1.09 bits per heavy atom. The number of aromatic nitrogens is 2. The molecule has 0 bridgehead atoms. The Morgan fingerprint density at radius 3 is 1.75 bits per heavy atom. The maximum Gasteiger partial charge on any atom is 0.227 e. The summed E-state index contributed by atoms with van der Waals surface area (Å²) in [5, 5.41) is 21.4. The minimum absolute atomic E-state index is 0.146. The third-order valence-corrected chi connectivity index (χ3v) is 10.6. The molecule has 10 rings (SSSR count). The molecular formula is C47H28N4O2. The molecule has 2 heterocycles. The number of oxazole rings is 2. The van der Waals surface area contributed by atoms with Gasteiger partial charge in [0.2, 0.25) is 11.8 Å². The van der Waals surface area contributed by atoms with Crippen molar-refractivity contribution in [2.45, 2.75) is 19.3 Å². The molecule has 0 atom stereocenters. The molecule has 0 aliphatic heterocycles. The molecule has 6 heteroatoms. The summed E-state index contributed by atoms with van der Waals surface area (Å²) in [5.41, 5.74) is 14.2. The van der Waals surface area contributed by atoms with E-state index in [1.165, 1.54) is 33.0 Å². The van der Waals surface area contributed by atoms with E-state index in [4.69, 9.17) is 18.8 Å². The lowest BCUT2D eigenvalue weighted by Crippen LogP contribution is -2.15. The van der Waals surface area contributed by atoms with Gasteiger partial charge in [0, 0.05) is 16.5 Å². The van der Waals surface area contributed by atoms with Crippen molar-refractivity contribution in [3.8, 4) is 68.4 Å². The number of rotatable bonds is 4. The molecule has 0 spiro atoms. The average Bonchev–Trinajstić information content (AvgIpc) is 3.89. The van der Waals surface area contributed by atoms with Crippen LogP contribution in [0.4, 0.5) is 0 Å². The van der Waals surface area contributed by atoms with E-state index in [1.807, 2.05) is 6.07 Å². The Morgan fingerprint density at radius 1 is 0.509 bits per heavy atom. The topological polar surface area (TPSA) is 99.6 Å². The fourth-order valence-corrected chi connectivity index (χ4v) is 7.85. The van der Waals surface area contributed by atoms with Gasteiger partial charge in [0.25, 0.3) is 0 Å². The van der Waals surface area contributed by atoms with Crippen LogP contribution in [0.15, 0.2) is 142 Å². The van der Waals surface area contributed by atoms with Crippen molar-refractivity contribution in [2.24, 2.45) is 0 Å². The van der Waals surface area contributed by atoms with Crippen molar-refractivity contribution in [3.63, 3.8) is 0 Å². The van der Waals surface area contributed by atoms with Crippen LogP contribution < -0.4 is 0 Å². The van der Waals surface area contributed by atoms with Gasteiger partial charge in [0.1, 0.15) is 11.0 Å². The van der Waals surface area contributed by atoms with E-state index in [9.17, 15) is 10.5 Å². The van der Waals surface area contributed by atoms with Crippen molar-refractivity contribution in [1.29, 1.82) is 10.5 Å². The number of benzene rings is 7. The fraction of sp³-hybridized carbons (Fsp3) is 0.0638. The van der Waals surface area contributed by atoms with Gasteiger partial charge < -0.3 is 8.83 Å². The van der Waals surface area contributed by atoms with Crippen LogP contribution >= 0.6 is 0 Å². The molecule has 0 N–H and O–H groups in total. The Balaban J connectivity index is 1.10. The standard InChI is InChI=1S/C47H28N4O2/c1-47(2)38-15-13-29-6-3-4-9-36(29)44(38)37-14-12-32(24-39(37)47)30-7-5-8-31(20-30)33-21-34(45-50-40-18-27(25-48)10-16-42(40)52-45)23-35(22-33)46-51-41-19-28(26-49)11-17-43(41)53-46/h3-24H,1-2H3. The molecule has 248 valence electrons. The summed E-state index contributed by atoms with van der Waals surface area (Å²) in [7, 11) is 0. The minimum Gasteiger partial charge on any atom is -0.436 e. The summed E-state index contributed by atoms with van der Waals surface area (Å²) in [4.78, 5) is 9.54. The second-order valence-corrected chi connectivity index (χ2v) is 14.1. The average molecular weight is 681 g/mol. The van der Waals surface area contributed by atoms with E-state index >= 15 is 0 Å². The lowest BCUT2D eigenvalue weighted by Gasteiger charge is -2.22. The molecule has 7 aromatic carbocycles. The maximum absolute atomic E-state index is 9.45. The SMILES string of the molecule is CC1(C)c2cc(-c3cccc(-c4cc(-c5nc6cc(C#N)ccc6o5)cc(-c5nc6cc(C#N)ccc6o5)c4)c3)ccc2-c2c1ccc1ccccc21. The first kappa shape index (κ1) is 30.5. The summed E-state index contributed by atoms with van der Waals surface area (Å²) in [6.07, 6.45) is 0. The molecule has 1 aliphatic rings. The molecule has 0 radical (unpaired) electrons. The van der Waals surface area contributed by atoms with Crippen LogP contribution in [0.2, 0.25) is 0 Å². The van der Waals surface area contributed by atoms with Crippen LogP contribution in [0.3, 0.4) is 0 Å². The highest BCUT2D eigenvalue weighted by molar-refractivity contribution is 6.03. The number of nitriles is 2. The second kappa shape index (κ2) is 11.4. The smallest absolute Gasteiger partial charge is 0.227 e. The van der Waals surface area contributed by atoms with Gasteiger partial charge in [-0.1, -0.05) is 80.6 Å². The van der Waals surface area contributed by atoms with Crippen molar-refractivity contribution in [3.05, 3.63) is 156 Å². The lowest BCUT2D eigenvalue weighted by atomic mass is 9.81. The van der Waals surface area contributed by atoms with Crippen LogP contribution in [0.5, 0.6) is 0 Å². The highest BCUT2D eigenvalue weighted by Crippen LogP contribution is 2.52. The summed E-state index contributed by atoms with van der Waals surface area (Å²) in [6.45, 7) is 4.64. The predicted octanol–water partition coefficient (Wildman–Crippen LogP) is 11.8. The summed E-state index contributed by atoms with van der Waals surface area (Å²) in [6, 6.07) is 49.4. The Hall–Kier alpha value is -7.28. The fourth-order valence-electron chi connectivity index (χ4n) is 7.85. The van der Waals surface area contributed by atoms with E-state index in [0.717, 1.165) is 33.4 Å². The molecule has 0 amide bonds. The first-order valence-electron chi connectivity index (χ1n) is 17.4. The largest absolute Gasteiger partial charge is 0.436 e. The highest BCUT2D eigenvalue weighted by Gasteiger charge is 2.36. The van der Waals surface area contributed by atoms with Gasteiger partial charge in [-0.25, -0.2) is 9.97 Å². The van der Waals surface area contributed by atoms with Gasteiger partial charge in [0.15, 0.2) is 11.2 Å². The third kappa shape index (κ3) is 4.85. The number of hydrogen-bond acceptors (Lipinski definition) is 6. The van der Waals surface area contributed by atoms with Crippen molar-refractivity contribution in [1.82, 2.24) is 9.97 Å². The van der Waals surface area contributed by atoms with Gasteiger partial charge in [-0.3, -0.25) is 0 Å². The quantitative estimate of drug-likeness (QED) is 0.183. The van der Waals surface area contributed by atoms with E-state index in [2.05, 4.69) is 117 Å². The van der Waals surface area contributed by atoms with E-state index < -0.39 is 0 Å². The molecule has 53 heavy (non-hydrogen) atoms. The molecule has 0 saturated heterocycles. The van der Waals surface area contributed by atoms with Gasteiger partial charge in [-0.2, -0.15) is 10.5 Å². The summed E-state index contributed by atoms with van der Waals surface area (Å²) in [5.74, 6) is 0.843. The first-order chi connectivity index (χ1) is 25.9. The van der Waals surface area contributed by atoms with Crippen molar-refractivity contribution >= 4 is 33.0 Å². The maximum atomic E-state index is 9.45. The van der Waals surface area contributed by atoms with Gasteiger partial charge in [-0.15, -0.1) is 0 Å². The normalized spacial score (nSPS) is 12.8. The third-order valence-electron chi connectivity index (χ3n) is 10.6. The van der Waals surface area contributed by atoms with Gasteiger partial charge in [0.05, 0.1) is 23.3 Å². The minimum atomic E-state index is -0.146. The zero-order chi connectivity index (χ0) is 35.8. The lowest BCUT2D eigenvalue weighted by molar-refractivity contribution is 0.617. The van der Waals surface area contributed by atoms with Crippen LogP contribution in [-0.4, -0.2) is 9.97 Å². The van der Waals surface area contributed by atoms with Crippen LogP contribution in [0.25, 0.3) is 89.3 Å². The zero-order valence-corrected chi connectivity index (χ0v) is 28.8. The van der Waals surface area contributed by atoms with Gasteiger partial charge in [-0.05, 0) is 122 Å². The Bertz CT molecular complexity index is 2970. The monoisotopic (exact) mass is 680 g/mol. The molecule has 9 aromatic rings. The number of fused-ring (bicyclic) bond motifs is 7. The molecule has 1 aliphatic carbocycles. The van der Waals surface area contributed by atoms with Crippen LogP contribution in [-0.2, 0) is 5.41 Å².